The number of halogens is 1. The maximum absolute atomic E-state index is 13.2. The number of nitrogens with one attached hydrogen (secondary N) is 3. The van der Waals surface area contributed by atoms with Crippen LogP contribution in [0.5, 0.6) is 0 Å². The van der Waals surface area contributed by atoms with Crippen molar-refractivity contribution in [2.75, 3.05) is 36.1 Å². The van der Waals surface area contributed by atoms with Crippen molar-refractivity contribution < 1.29 is 9.59 Å². The first-order valence-corrected chi connectivity index (χ1v) is 15.3. The molecule has 1 aliphatic heterocycles. The molecule has 0 spiro atoms. The molecular formula is C30H39ClN8O2. The number of likely N-dealkylation sites (tertiary alicyclic amines) is 1. The lowest BCUT2D eigenvalue weighted by molar-refractivity contribution is -0.121. The molecule has 0 bridgehead atoms. The highest BCUT2D eigenvalue weighted by molar-refractivity contribution is 6.29. The van der Waals surface area contributed by atoms with E-state index in [-0.39, 0.29) is 11.9 Å². The first kappa shape index (κ1) is 27.9. The zero-order valence-electron chi connectivity index (χ0n) is 23.6. The van der Waals surface area contributed by atoms with Gasteiger partial charge in [-0.3, -0.25) is 9.59 Å². The number of hydrogen-bond acceptors (Lipinski definition) is 8. The number of aromatic nitrogens is 4. The van der Waals surface area contributed by atoms with Crippen LogP contribution in [-0.4, -0.2) is 68.4 Å². The average Bonchev–Trinajstić information content (AvgIpc) is 3.66. The minimum Gasteiger partial charge on any atom is -0.379 e. The third kappa shape index (κ3) is 7.16. The van der Waals surface area contributed by atoms with Crippen LogP contribution in [0.2, 0.25) is 5.15 Å². The number of carbonyl (C=O) groups excluding carboxylic acids is 2. The molecule has 3 aliphatic rings. The standard InChI is InChI=1S/C30H39ClN8O2/c1-38-12-9-20(10-13-38)15-24(40)14-19-2-4-22(5-3-19)35-28-17-25(34-21-6-7-21)29-33-18-26(39(29)37-28)30(41)36-23-8-11-32-27(31)16-23/h8,11,16-22,34H,2-7,9-10,12-15H2,1H3,(H,35,37)(H,32,36,41). The fraction of sp³-hybridized carbons (Fsp3) is 0.567. The van der Waals surface area contributed by atoms with Crippen LogP contribution >= 0.6 is 11.6 Å². The van der Waals surface area contributed by atoms with Gasteiger partial charge in [-0.2, -0.15) is 0 Å². The van der Waals surface area contributed by atoms with Crippen LogP contribution in [0.25, 0.3) is 5.65 Å². The largest absolute Gasteiger partial charge is 0.379 e. The molecule has 218 valence electrons. The molecule has 4 heterocycles. The fourth-order valence-electron chi connectivity index (χ4n) is 6.14. The van der Waals surface area contributed by atoms with Gasteiger partial charge in [0.15, 0.2) is 11.3 Å². The number of pyridine rings is 1. The Morgan fingerprint density at radius 1 is 0.927 bits per heavy atom. The maximum atomic E-state index is 13.2. The Kier molecular flexibility index (Phi) is 8.39. The second kappa shape index (κ2) is 12.3. The summed E-state index contributed by atoms with van der Waals surface area (Å²) in [6, 6.07) is 5.98. The zero-order valence-corrected chi connectivity index (χ0v) is 24.4. The van der Waals surface area contributed by atoms with Gasteiger partial charge in [-0.05, 0) is 95.5 Å². The molecule has 0 atom stereocenters. The van der Waals surface area contributed by atoms with E-state index in [0.717, 1.165) is 83.0 Å². The van der Waals surface area contributed by atoms with Gasteiger partial charge in [-0.15, -0.1) is 5.10 Å². The third-order valence-corrected chi connectivity index (χ3v) is 8.90. The summed E-state index contributed by atoms with van der Waals surface area (Å²) in [5, 5.41) is 15.1. The normalized spacial score (nSPS) is 22.0. The van der Waals surface area contributed by atoms with Crippen LogP contribution in [0.1, 0.15) is 74.7 Å². The number of hydrogen-bond donors (Lipinski definition) is 3. The summed E-state index contributed by atoms with van der Waals surface area (Å²) in [6.45, 7) is 2.22. The molecule has 0 aromatic carbocycles. The first-order valence-electron chi connectivity index (χ1n) is 14.9. The number of fused-ring (bicyclic) bond motifs is 1. The highest BCUT2D eigenvalue weighted by Gasteiger charge is 2.27. The summed E-state index contributed by atoms with van der Waals surface area (Å²) in [6.07, 6.45) is 13.2. The Morgan fingerprint density at radius 2 is 1.61 bits per heavy atom. The molecule has 2 aliphatic carbocycles. The average molecular weight is 579 g/mol. The second-order valence-electron chi connectivity index (χ2n) is 12.1. The lowest BCUT2D eigenvalue weighted by Crippen LogP contribution is -2.31. The third-order valence-electron chi connectivity index (χ3n) is 8.69. The van der Waals surface area contributed by atoms with E-state index < -0.39 is 0 Å². The predicted molar refractivity (Wildman–Crippen MR) is 161 cm³/mol. The van der Waals surface area contributed by atoms with Gasteiger partial charge >= 0.3 is 0 Å². The molecule has 2 saturated carbocycles. The van der Waals surface area contributed by atoms with Crippen LogP contribution in [0.3, 0.4) is 0 Å². The van der Waals surface area contributed by atoms with Crippen molar-refractivity contribution in [1.82, 2.24) is 24.5 Å². The van der Waals surface area contributed by atoms with Crippen molar-refractivity contribution >= 4 is 46.1 Å². The summed E-state index contributed by atoms with van der Waals surface area (Å²) in [5.41, 5.74) is 2.37. The van der Waals surface area contributed by atoms with Crippen LogP contribution in [-0.2, 0) is 4.79 Å². The molecule has 11 heteroatoms. The van der Waals surface area contributed by atoms with Gasteiger partial charge in [0.1, 0.15) is 16.8 Å². The van der Waals surface area contributed by atoms with Crippen molar-refractivity contribution in [3.05, 3.63) is 41.4 Å². The van der Waals surface area contributed by atoms with Crippen LogP contribution in [0.15, 0.2) is 30.6 Å². The molecule has 3 N–H and O–H groups in total. The van der Waals surface area contributed by atoms with Crippen LogP contribution < -0.4 is 16.0 Å². The lowest BCUT2D eigenvalue weighted by atomic mass is 9.81. The first-order chi connectivity index (χ1) is 19.9. The van der Waals surface area contributed by atoms with E-state index in [1.165, 1.54) is 0 Å². The van der Waals surface area contributed by atoms with E-state index in [1.807, 2.05) is 6.07 Å². The smallest absolute Gasteiger partial charge is 0.276 e. The quantitative estimate of drug-likeness (QED) is 0.279. The Bertz CT molecular complexity index is 1390. The fourth-order valence-corrected chi connectivity index (χ4v) is 6.31. The van der Waals surface area contributed by atoms with Gasteiger partial charge in [0, 0.05) is 42.9 Å². The second-order valence-corrected chi connectivity index (χ2v) is 12.5. The number of Topliss-reactive ketones (excluding diaryl/α,β-unsaturated/α-hetero) is 1. The van der Waals surface area contributed by atoms with Crippen molar-refractivity contribution in [3.8, 4) is 0 Å². The number of nitrogens with zero attached hydrogens (tertiary/aromatic N) is 5. The predicted octanol–water partition coefficient (Wildman–Crippen LogP) is 5.27. The summed E-state index contributed by atoms with van der Waals surface area (Å²) < 4.78 is 1.61. The molecule has 1 saturated heterocycles. The molecule has 0 unspecified atom stereocenters. The van der Waals surface area contributed by atoms with E-state index in [0.29, 0.717) is 51.7 Å². The maximum Gasteiger partial charge on any atom is 0.276 e. The summed E-state index contributed by atoms with van der Waals surface area (Å²) in [5.74, 6) is 1.86. The molecule has 10 nitrogen and oxygen atoms in total. The molecule has 3 aromatic rings. The molecule has 41 heavy (non-hydrogen) atoms. The van der Waals surface area contributed by atoms with E-state index in [9.17, 15) is 9.59 Å². The summed E-state index contributed by atoms with van der Waals surface area (Å²) in [7, 11) is 2.16. The summed E-state index contributed by atoms with van der Waals surface area (Å²) in [4.78, 5) is 36.8. The molecular weight excluding hydrogens is 540 g/mol. The van der Waals surface area contributed by atoms with Gasteiger partial charge < -0.3 is 20.9 Å². The number of amides is 1. The highest BCUT2D eigenvalue weighted by atomic mass is 35.5. The molecule has 6 rings (SSSR count). The van der Waals surface area contributed by atoms with E-state index >= 15 is 0 Å². The van der Waals surface area contributed by atoms with Crippen LogP contribution in [0, 0.1) is 11.8 Å². The number of imidazole rings is 1. The molecule has 3 fully saturated rings. The van der Waals surface area contributed by atoms with Gasteiger partial charge in [0.2, 0.25) is 0 Å². The van der Waals surface area contributed by atoms with Crippen molar-refractivity contribution in [3.63, 3.8) is 0 Å². The van der Waals surface area contributed by atoms with Gasteiger partial charge in [-0.1, -0.05) is 11.6 Å². The monoisotopic (exact) mass is 578 g/mol. The van der Waals surface area contributed by atoms with Crippen molar-refractivity contribution in [1.29, 1.82) is 0 Å². The number of ketones is 1. The number of carbonyl (C=O) groups is 2. The number of piperidine rings is 1. The SMILES string of the molecule is CN1CCC(CC(=O)CC2CCC(Nc3cc(NC4CC4)c4ncc(C(=O)Nc5ccnc(Cl)c5)n4n3)CC2)CC1. The summed E-state index contributed by atoms with van der Waals surface area (Å²) >= 11 is 5.99. The zero-order chi connectivity index (χ0) is 28.3. The minimum absolute atomic E-state index is 0.272. The van der Waals surface area contributed by atoms with E-state index in [2.05, 4.69) is 37.9 Å². The molecule has 1 amide bonds. The Morgan fingerprint density at radius 3 is 2.32 bits per heavy atom. The Hall–Kier alpha value is -3.24. The van der Waals surface area contributed by atoms with E-state index in [1.54, 1.807) is 29.0 Å². The topological polar surface area (TPSA) is 117 Å². The Balaban J connectivity index is 1.09. The number of anilines is 3. The molecule has 3 aromatic heterocycles. The molecule has 0 radical (unpaired) electrons. The van der Waals surface area contributed by atoms with Gasteiger partial charge in [-0.25, -0.2) is 14.5 Å². The Labute approximate surface area is 245 Å². The van der Waals surface area contributed by atoms with Gasteiger partial charge in [0.05, 0.1) is 11.9 Å². The van der Waals surface area contributed by atoms with Crippen LogP contribution in [0.4, 0.5) is 17.2 Å². The van der Waals surface area contributed by atoms with Crippen molar-refractivity contribution in [2.45, 2.75) is 76.3 Å². The van der Waals surface area contributed by atoms with E-state index in [4.69, 9.17) is 16.7 Å². The highest BCUT2D eigenvalue weighted by Crippen LogP contribution is 2.32. The number of rotatable bonds is 10. The van der Waals surface area contributed by atoms with Crippen molar-refractivity contribution in [2.24, 2.45) is 11.8 Å². The van der Waals surface area contributed by atoms with Gasteiger partial charge in [0.25, 0.3) is 5.91 Å². The minimum atomic E-state index is -0.327. The lowest BCUT2D eigenvalue weighted by Gasteiger charge is -2.31.